The van der Waals surface area contributed by atoms with E-state index in [9.17, 15) is 4.79 Å². The maximum Gasteiger partial charge on any atom is 0.252 e. The Morgan fingerprint density at radius 2 is 1.58 bits per heavy atom. The first kappa shape index (κ1) is 15.5. The van der Waals surface area contributed by atoms with Gasteiger partial charge in [-0.25, -0.2) is 0 Å². The summed E-state index contributed by atoms with van der Waals surface area (Å²) in [6, 6.07) is -0.658. The molecule has 0 fully saturated rings. The summed E-state index contributed by atoms with van der Waals surface area (Å²) in [6.07, 6.45) is 0. The molecule has 0 unspecified atom stereocenters. The van der Waals surface area contributed by atoms with Gasteiger partial charge in [-0.1, -0.05) is 0 Å². The topological polar surface area (TPSA) is 95.6 Å². The monoisotopic (exact) mass is 266 g/mol. The second-order valence-corrected chi connectivity index (χ2v) is 4.82. The first-order chi connectivity index (χ1) is 8.84. The standard InChI is InChI=1S/C14H22N2O3/c1-7-8(2)12(10(4)13(15)9(7)3)14(19)16-11(5-17)6-18/h11,17-18H,5-6,15H2,1-4H3,(H,16,19). The van der Waals surface area contributed by atoms with Crippen molar-refractivity contribution >= 4 is 11.6 Å². The summed E-state index contributed by atoms with van der Waals surface area (Å²) >= 11 is 0. The van der Waals surface area contributed by atoms with Crippen LogP contribution in [0.25, 0.3) is 0 Å². The normalized spacial score (nSPS) is 10.9. The molecule has 0 heterocycles. The molecule has 1 rings (SSSR count). The largest absolute Gasteiger partial charge is 0.398 e. The number of anilines is 1. The second-order valence-electron chi connectivity index (χ2n) is 4.82. The van der Waals surface area contributed by atoms with E-state index < -0.39 is 6.04 Å². The van der Waals surface area contributed by atoms with E-state index in [1.807, 2.05) is 20.8 Å². The Balaban J connectivity index is 3.24. The van der Waals surface area contributed by atoms with Gasteiger partial charge in [-0.2, -0.15) is 0 Å². The lowest BCUT2D eigenvalue weighted by Gasteiger charge is -2.20. The number of hydrogen-bond donors (Lipinski definition) is 4. The number of amides is 1. The van der Waals surface area contributed by atoms with Crippen LogP contribution < -0.4 is 11.1 Å². The number of benzene rings is 1. The summed E-state index contributed by atoms with van der Waals surface area (Å²) in [5.74, 6) is -0.321. The summed E-state index contributed by atoms with van der Waals surface area (Å²) < 4.78 is 0. The number of hydrogen-bond acceptors (Lipinski definition) is 4. The predicted octanol–water partition coefficient (Wildman–Crippen LogP) is 0.585. The summed E-state index contributed by atoms with van der Waals surface area (Å²) in [5.41, 5.74) is 10.7. The lowest BCUT2D eigenvalue weighted by molar-refractivity contribution is 0.0878. The van der Waals surface area contributed by atoms with Crippen LogP contribution in [-0.2, 0) is 0 Å². The molecule has 0 bridgehead atoms. The number of nitrogen functional groups attached to an aromatic ring is 1. The number of nitrogens with one attached hydrogen (secondary N) is 1. The third-order valence-electron chi connectivity index (χ3n) is 3.69. The molecule has 0 aromatic heterocycles. The molecule has 106 valence electrons. The molecular formula is C14H22N2O3. The van der Waals surface area contributed by atoms with Crippen LogP contribution in [-0.4, -0.2) is 35.4 Å². The van der Waals surface area contributed by atoms with E-state index in [1.165, 1.54) is 0 Å². The van der Waals surface area contributed by atoms with E-state index in [4.69, 9.17) is 15.9 Å². The van der Waals surface area contributed by atoms with Gasteiger partial charge >= 0.3 is 0 Å². The van der Waals surface area contributed by atoms with Gasteiger partial charge < -0.3 is 21.3 Å². The van der Waals surface area contributed by atoms with E-state index in [0.29, 0.717) is 11.3 Å². The summed E-state index contributed by atoms with van der Waals surface area (Å²) in [4.78, 5) is 12.2. The fraction of sp³-hybridized carbons (Fsp3) is 0.500. The minimum Gasteiger partial charge on any atom is -0.398 e. The minimum absolute atomic E-state index is 0.305. The fourth-order valence-corrected chi connectivity index (χ4v) is 2.12. The number of aliphatic hydroxyl groups is 2. The Labute approximate surface area is 113 Å². The van der Waals surface area contributed by atoms with Crippen LogP contribution in [0.4, 0.5) is 5.69 Å². The van der Waals surface area contributed by atoms with E-state index in [0.717, 1.165) is 22.3 Å². The highest BCUT2D eigenvalue weighted by Gasteiger charge is 2.20. The van der Waals surface area contributed by atoms with Crippen LogP contribution in [0, 0.1) is 27.7 Å². The maximum absolute atomic E-state index is 12.2. The zero-order chi connectivity index (χ0) is 14.7. The zero-order valence-corrected chi connectivity index (χ0v) is 11.9. The van der Waals surface area contributed by atoms with Crippen LogP contribution in [0.1, 0.15) is 32.6 Å². The molecule has 0 aliphatic carbocycles. The molecule has 19 heavy (non-hydrogen) atoms. The van der Waals surface area contributed by atoms with Gasteiger partial charge in [0.2, 0.25) is 0 Å². The molecule has 1 aromatic rings. The van der Waals surface area contributed by atoms with Crippen molar-refractivity contribution in [1.29, 1.82) is 0 Å². The number of carbonyl (C=O) groups excluding carboxylic acids is 1. The third-order valence-corrected chi connectivity index (χ3v) is 3.69. The summed E-state index contributed by atoms with van der Waals surface area (Å²) in [6.45, 7) is 6.91. The van der Waals surface area contributed by atoms with Crippen molar-refractivity contribution in [1.82, 2.24) is 5.32 Å². The average molecular weight is 266 g/mol. The van der Waals surface area contributed by atoms with Gasteiger partial charge in [-0.05, 0) is 49.9 Å². The molecule has 5 nitrogen and oxygen atoms in total. The number of rotatable bonds is 4. The molecule has 0 atom stereocenters. The molecule has 0 aliphatic rings. The molecule has 1 amide bonds. The van der Waals surface area contributed by atoms with Gasteiger partial charge in [0.1, 0.15) is 0 Å². The molecule has 0 aliphatic heterocycles. The predicted molar refractivity (Wildman–Crippen MR) is 75.2 cm³/mol. The van der Waals surface area contributed by atoms with E-state index >= 15 is 0 Å². The van der Waals surface area contributed by atoms with Crippen LogP contribution in [0.3, 0.4) is 0 Å². The summed E-state index contributed by atoms with van der Waals surface area (Å²) in [7, 11) is 0. The summed E-state index contributed by atoms with van der Waals surface area (Å²) in [5, 5.41) is 20.6. The maximum atomic E-state index is 12.2. The van der Waals surface area contributed by atoms with Gasteiger partial charge in [-0.3, -0.25) is 4.79 Å². The Morgan fingerprint density at radius 3 is 2.05 bits per heavy atom. The van der Waals surface area contributed by atoms with Gasteiger partial charge in [0.15, 0.2) is 0 Å². The highest BCUT2D eigenvalue weighted by atomic mass is 16.3. The second kappa shape index (κ2) is 6.04. The lowest BCUT2D eigenvalue weighted by atomic mass is 9.91. The molecular weight excluding hydrogens is 244 g/mol. The van der Waals surface area contributed by atoms with Crippen LogP contribution in [0.2, 0.25) is 0 Å². The molecule has 0 spiro atoms. The Bertz CT molecular complexity index is 465. The smallest absolute Gasteiger partial charge is 0.252 e. The SMILES string of the molecule is Cc1c(C)c(N)c(C)c(C(=O)NC(CO)CO)c1C. The number of aliphatic hydroxyl groups excluding tert-OH is 2. The van der Waals surface area contributed by atoms with Gasteiger partial charge in [0.25, 0.3) is 5.91 Å². The first-order valence-electron chi connectivity index (χ1n) is 6.23. The third kappa shape index (κ3) is 2.88. The van der Waals surface area contributed by atoms with Gasteiger partial charge in [0.05, 0.1) is 19.3 Å². The van der Waals surface area contributed by atoms with Crippen molar-refractivity contribution in [2.75, 3.05) is 18.9 Å². The Hall–Kier alpha value is -1.59. The van der Waals surface area contributed by atoms with Gasteiger partial charge in [-0.15, -0.1) is 0 Å². The fourth-order valence-electron chi connectivity index (χ4n) is 2.12. The highest BCUT2D eigenvalue weighted by Crippen LogP contribution is 2.28. The van der Waals surface area contributed by atoms with Crippen molar-refractivity contribution < 1.29 is 15.0 Å². The highest BCUT2D eigenvalue weighted by molar-refractivity contribution is 5.99. The quantitative estimate of drug-likeness (QED) is 0.600. The van der Waals surface area contributed by atoms with Crippen molar-refractivity contribution in [3.05, 3.63) is 27.8 Å². The van der Waals surface area contributed by atoms with E-state index in [1.54, 1.807) is 6.92 Å². The molecule has 5 heteroatoms. The average Bonchev–Trinajstić information content (AvgIpc) is 2.40. The molecule has 0 radical (unpaired) electrons. The van der Waals surface area contributed by atoms with Gasteiger partial charge in [0, 0.05) is 11.3 Å². The number of nitrogens with two attached hydrogens (primary N) is 1. The van der Waals surface area contributed by atoms with Crippen molar-refractivity contribution in [3.63, 3.8) is 0 Å². The van der Waals surface area contributed by atoms with Crippen LogP contribution >= 0.6 is 0 Å². The van der Waals surface area contributed by atoms with E-state index in [-0.39, 0.29) is 19.1 Å². The van der Waals surface area contributed by atoms with Crippen LogP contribution in [0.15, 0.2) is 0 Å². The zero-order valence-electron chi connectivity index (χ0n) is 11.9. The van der Waals surface area contributed by atoms with E-state index in [2.05, 4.69) is 5.32 Å². The lowest BCUT2D eigenvalue weighted by Crippen LogP contribution is -2.40. The van der Waals surface area contributed by atoms with Crippen LogP contribution in [0.5, 0.6) is 0 Å². The van der Waals surface area contributed by atoms with Crippen molar-refractivity contribution in [2.45, 2.75) is 33.7 Å². The molecule has 0 saturated carbocycles. The molecule has 0 saturated heterocycles. The van der Waals surface area contributed by atoms with Crippen molar-refractivity contribution in [3.8, 4) is 0 Å². The Kier molecular flexibility index (Phi) is 4.91. The molecule has 1 aromatic carbocycles. The first-order valence-corrected chi connectivity index (χ1v) is 6.23. The van der Waals surface area contributed by atoms with Crippen molar-refractivity contribution in [2.24, 2.45) is 0 Å². The minimum atomic E-state index is -0.658. The number of carbonyl (C=O) groups is 1. The molecule has 5 N–H and O–H groups in total. The Morgan fingerprint density at radius 1 is 1.05 bits per heavy atom.